The molecular weight excluding hydrogens is 657 g/mol. The first-order valence-corrected chi connectivity index (χ1v) is 15.1. The maximum absolute atomic E-state index is 14.8. The molecule has 0 unspecified atom stereocenters. The lowest BCUT2D eigenvalue weighted by atomic mass is 10.00. The van der Waals surface area contributed by atoms with Crippen molar-refractivity contribution in [2.24, 2.45) is 0 Å². The normalized spacial score (nSPS) is 11.9. The van der Waals surface area contributed by atoms with E-state index in [9.17, 15) is 28.0 Å². The van der Waals surface area contributed by atoms with Crippen molar-refractivity contribution in [3.05, 3.63) is 158 Å². The molecule has 0 saturated heterocycles. The number of imide groups is 2. The van der Waals surface area contributed by atoms with Gasteiger partial charge in [0.1, 0.15) is 11.6 Å². The summed E-state index contributed by atoms with van der Waals surface area (Å²) in [5, 5.41) is 5.29. The van der Waals surface area contributed by atoms with Crippen LogP contribution in [0.15, 0.2) is 109 Å². The second-order valence-electron chi connectivity index (χ2n) is 10.6. The number of hydrogen-bond donors (Lipinski definition) is 2. The SMILES string of the molecule is C=C(C)C(=O)NC(=O)/C(=C/c1cc(Cl)cc(/C=C(\C)C(=O)NC(=O)/C(=C/c2ccc(Cl)cc2)c2ccc(F)cc2F)c1)c1ccccc1. The largest absolute Gasteiger partial charge is 0.288 e. The third-order valence-corrected chi connectivity index (χ3v) is 7.28. The van der Waals surface area contributed by atoms with E-state index in [1.165, 1.54) is 26.0 Å². The molecule has 0 atom stereocenters. The Labute approximate surface area is 286 Å². The zero-order chi connectivity index (χ0) is 35.0. The summed E-state index contributed by atoms with van der Waals surface area (Å²) >= 11 is 12.4. The van der Waals surface area contributed by atoms with Gasteiger partial charge in [0.15, 0.2) is 0 Å². The minimum absolute atomic E-state index is 0.0963. The molecule has 0 saturated carbocycles. The minimum atomic E-state index is -0.989. The van der Waals surface area contributed by atoms with Gasteiger partial charge in [0.25, 0.3) is 23.6 Å². The molecule has 0 fully saturated rings. The summed E-state index contributed by atoms with van der Waals surface area (Å²) in [6.07, 6.45) is 4.37. The van der Waals surface area contributed by atoms with Crippen molar-refractivity contribution >= 4 is 76.2 Å². The van der Waals surface area contributed by atoms with E-state index >= 15 is 0 Å². The molecule has 0 aliphatic rings. The molecule has 0 aliphatic heterocycles. The summed E-state index contributed by atoms with van der Waals surface area (Å²) in [7, 11) is 0. The van der Waals surface area contributed by atoms with Crippen molar-refractivity contribution in [2.75, 3.05) is 0 Å². The first-order chi connectivity index (χ1) is 22.8. The molecule has 10 heteroatoms. The molecule has 4 rings (SSSR count). The highest BCUT2D eigenvalue weighted by molar-refractivity contribution is 6.32. The van der Waals surface area contributed by atoms with Crippen LogP contribution >= 0.6 is 23.2 Å². The zero-order valence-electron chi connectivity index (χ0n) is 25.7. The molecule has 4 amide bonds. The maximum Gasteiger partial charge on any atom is 0.258 e. The fraction of sp³-hybridized carbons (Fsp3) is 0.0526. The van der Waals surface area contributed by atoms with Gasteiger partial charge in [-0.05, 0) is 96.8 Å². The van der Waals surface area contributed by atoms with Crippen LogP contribution in [0.1, 0.15) is 41.7 Å². The first-order valence-electron chi connectivity index (χ1n) is 14.4. The Morgan fingerprint density at radius 1 is 0.625 bits per heavy atom. The topological polar surface area (TPSA) is 92.3 Å². The summed E-state index contributed by atoms with van der Waals surface area (Å²) in [6.45, 7) is 6.51. The Balaban J connectivity index is 1.64. The number of amides is 4. The Morgan fingerprint density at radius 3 is 1.83 bits per heavy atom. The summed E-state index contributed by atoms with van der Waals surface area (Å²) in [5.41, 5.74) is 1.96. The molecule has 0 spiro atoms. The highest BCUT2D eigenvalue weighted by Crippen LogP contribution is 2.25. The predicted molar refractivity (Wildman–Crippen MR) is 186 cm³/mol. The Hall–Kier alpha value is -5.44. The third kappa shape index (κ3) is 9.54. The van der Waals surface area contributed by atoms with E-state index in [0.717, 1.165) is 12.1 Å². The Bertz CT molecular complexity index is 2020. The molecule has 0 heterocycles. The average molecular weight is 686 g/mol. The van der Waals surface area contributed by atoms with Crippen molar-refractivity contribution in [1.29, 1.82) is 0 Å². The molecule has 6 nitrogen and oxygen atoms in total. The zero-order valence-corrected chi connectivity index (χ0v) is 27.3. The van der Waals surface area contributed by atoms with Crippen LogP contribution in [-0.4, -0.2) is 23.6 Å². The van der Waals surface area contributed by atoms with Crippen LogP contribution in [0.25, 0.3) is 29.4 Å². The maximum atomic E-state index is 14.8. The lowest BCUT2D eigenvalue weighted by molar-refractivity contribution is -0.126. The Morgan fingerprint density at radius 2 is 1.21 bits per heavy atom. The van der Waals surface area contributed by atoms with Gasteiger partial charge in [0.05, 0.1) is 5.57 Å². The van der Waals surface area contributed by atoms with Crippen LogP contribution in [0.4, 0.5) is 8.78 Å². The van der Waals surface area contributed by atoms with E-state index in [4.69, 9.17) is 23.2 Å². The van der Waals surface area contributed by atoms with Crippen molar-refractivity contribution in [2.45, 2.75) is 13.8 Å². The van der Waals surface area contributed by atoms with E-state index in [1.54, 1.807) is 78.9 Å². The summed E-state index contributed by atoms with van der Waals surface area (Å²) < 4.78 is 28.4. The number of benzene rings is 4. The van der Waals surface area contributed by atoms with Gasteiger partial charge < -0.3 is 0 Å². The van der Waals surface area contributed by atoms with Gasteiger partial charge >= 0.3 is 0 Å². The van der Waals surface area contributed by atoms with Crippen LogP contribution in [0, 0.1) is 11.6 Å². The van der Waals surface area contributed by atoms with Gasteiger partial charge in [-0.1, -0.05) is 72.2 Å². The molecule has 0 aromatic heterocycles. The number of carbonyl (C=O) groups excluding carboxylic acids is 4. The summed E-state index contributed by atoms with van der Waals surface area (Å²) in [4.78, 5) is 51.8. The minimum Gasteiger partial charge on any atom is -0.288 e. The highest BCUT2D eigenvalue weighted by Gasteiger charge is 2.20. The second-order valence-corrected chi connectivity index (χ2v) is 11.5. The molecule has 2 N–H and O–H groups in total. The van der Waals surface area contributed by atoms with Crippen LogP contribution < -0.4 is 10.6 Å². The van der Waals surface area contributed by atoms with Gasteiger partial charge in [-0.15, -0.1) is 0 Å². The van der Waals surface area contributed by atoms with Crippen molar-refractivity contribution in [3.8, 4) is 0 Å². The van der Waals surface area contributed by atoms with E-state index in [0.29, 0.717) is 33.3 Å². The van der Waals surface area contributed by atoms with Gasteiger partial charge in [-0.3, -0.25) is 29.8 Å². The van der Waals surface area contributed by atoms with Crippen molar-refractivity contribution < 1.29 is 28.0 Å². The average Bonchev–Trinajstić information content (AvgIpc) is 3.03. The summed E-state index contributed by atoms with van der Waals surface area (Å²) in [6, 6.07) is 22.6. The Kier molecular flexibility index (Phi) is 11.7. The monoisotopic (exact) mass is 684 g/mol. The number of nitrogens with one attached hydrogen (secondary N) is 2. The van der Waals surface area contributed by atoms with Gasteiger partial charge in [0, 0.05) is 38.4 Å². The molecule has 4 aromatic rings. The fourth-order valence-electron chi connectivity index (χ4n) is 4.43. The quantitative estimate of drug-likeness (QED) is 0.137. The van der Waals surface area contributed by atoms with Gasteiger partial charge in [-0.25, -0.2) is 8.78 Å². The van der Waals surface area contributed by atoms with Crippen molar-refractivity contribution in [3.63, 3.8) is 0 Å². The van der Waals surface area contributed by atoms with E-state index in [-0.39, 0.29) is 32.9 Å². The van der Waals surface area contributed by atoms with Crippen molar-refractivity contribution in [1.82, 2.24) is 10.6 Å². The molecule has 0 aliphatic carbocycles. The first kappa shape index (κ1) is 35.4. The van der Waals surface area contributed by atoms with Crippen LogP contribution in [0.5, 0.6) is 0 Å². The molecule has 48 heavy (non-hydrogen) atoms. The van der Waals surface area contributed by atoms with E-state index in [2.05, 4.69) is 17.2 Å². The van der Waals surface area contributed by atoms with Crippen LogP contribution in [0.3, 0.4) is 0 Å². The van der Waals surface area contributed by atoms with Crippen LogP contribution in [-0.2, 0) is 19.2 Å². The number of halogens is 4. The number of carbonyl (C=O) groups is 4. The molecule has 4 aromatic carbocycles. The molecule has 242 valence electrons. The summed E-state index contributed by atoms with van der Waals surface area (Å²) in [5.74, 6) is -4.81. The van der Waals surface area contributed by atoms with Crippen LogP contribution in [0.2, 0.25) is 10.0 Å². The molecule has 0 bridgehead atoms. The molecular formula is C38H28Cl2F2N2O4. The molecule has 0 radical (unpaired) electrons. The number of hydrogen-bond acceptors (Lipinski definition) is 4. The third-order valence-electron chi connectivity index (χ3n) is 6.81. The fourth-order valence-corrected chi connectivity index (χ4v) is 4.81. The van der Waals surface area contributed by atoms with Gasteiger partial charge in [-0.2, -0.15) is 0 Å². The van der Waals surface area contributed by atoms with Gasteiger partial charge in [0.2, 0.25) is 0 Å². The predicted octanol–water partition coefficient (Wildman–Crippen LogP) is 8.32. The van der Waals surface area contributed by atoms with E-state index in [1.807, 2.05) is 0 Å². The van der Waals surface area contributed by atoms with E-state index < -0.39 is 35.3 Å². The number of rotatable bonds is 9. The smallest absolute Gasteiger partial charge is 0.258 e. The lowest BCUT2D eigenvalue weighted by Gasteiger charge is -2.11. The highest BCUT2D eigenvalue weighted by atomic mass is 35.5. The second kappa shape index (κ2) is 15.9. The standard InChI is InChI=1S/C38H28Cl2F2N2O4/c1-22(2)35(45)43-37(47)32(27-7-5-4-6-8-27)20-26-16-25(17-29(40)18-26)15-23(3)36(46)44-38(48)33(19-24-9-11-28(39)12-10-24)31-14-13-30(41)21-34(31)42/h4-21H,1H2,2-3H3,(H,43,45,47)(H,44,46,48)/b23-15+,32-20+,33-19+. The lowest BCUT2D eigenvalue weighted by Crippen LogP contribution is -2.31.